The largest absolute Gasteiger partial charge is 0.380 e. The normalized spacial score (nSPS) is 19.7. The van der Waals surface area contributed by atoms with Crippen LogP contribution in [0.5, 0.6) is 0 Å². The van der Waals surface area contributed by atoms with Crippen molar-refractivity contribution < 1.29 is 17.1 Å². The summed E-state index contributed by atoms with van der Waals surface area (Å²) >= 11 is 0. The van der Waals surface area contributed by atoms with E-state index in [4.69, 9.17) is 12.3 Å². The van der Waals surface area contributed by atoms with E-state index in [1.807, 2.05) is 0 Å². The van der Waals surface area contributed by atoms with Crippen LogP contribution in [0.1, 0.15) is 23.5 Å². The lowest BCUT2D eigenvalue weighted by Crippen LogP contribution is -2.17. The van der Waals surface area contributed by atoms with Crippen molar-refractivity contribution in [3.05, 3.63) is 64.0 Å². The first-order chi connectivity index (χ1) is 11.8. The molecule has 2 rings (SSSR count). The molecule has 3 nitrogen and oxygen atoms in total. The maximum Gasteiger partial charge on any atom is 0.255 e. The Kier molecular flexibility index (Phi) is 1.40. The van der Waals surface area contributed by atoms with Crippen molar-refractivity contribution in [1.82, 2.24) is 4.57 Å². The third-order valence-corrected chi connectivity index (χ3v) is 2.06. The molecule has 0 unspecified atom stereocenters. The van der Waals surface area contributed by atoms with Gasteiger partial charge in [0.1, 0.15) is 0 Å². The average Bonchev–Trinajstić information content (AvgIpc) is 2.50. The highest BCUT2D eigenvalue weighted by atomic mass is 16.5. The molecule has 88 valence electrons. The van der Waals surface area contributed by atoms with Crippen molar-refractivity contribution in [3.8, 4) is 5.69 Å². The quantitative estimate of drug-likeness (QED) is 0.821. The fourth-order valence-corrected chi connectivity index (χ4v) is 1.27. The van der Waals surface area contributed by atoms with Crippen LogP contribution in [0.2, 0.25) is 0 Å². The van der Waals surface area contributed by atoms with E-state index in [2.05, 4.69) is 4.74 Å². The molecular weight excluding hydrogens is 214 g/mol. The molecule has 0 spiro atoms. The molecule has 0 amide bonds. The molecule has 2 aromatic rings. The number of rotatable bonds is 3. The van der Waals surface area contributed by atoms with Crippen LogP contribution in [-0.2, 0) is 11.3 Å². The molecule has 3 heteroatoms. The fourth-order valence-electron chi connectivity index (χ4n) is 1.27. The van der Waals surface area contributed by atoms with Gasteiger partial charge in [-0.15, -0.1) is 0 Å². The Morgan fingerprint density at radius 3 is 2.88 bits per heavy atom. The topological polar surface area (TPSA) is 31.2 Å². The number of hydrogen-bond donors (Lipinski definition) is 0. The standard InChI is InChI=1S/C14H15NO2/c1-11-3-6-13(7-4-11)15-9-12(10-17-2)5-8-14(15)16/h3-9H,10H2,1-2H3/i2D3,3D,4D,6D,7D,10D2. The first-order valence-corrected chi connectivity index (χ1v) is 4.77. The molecule has 0 bridgehead atoms. The minimum atomic E-state index is -3.03. The van der Waals surface area contributed by atoms with E-state index in [0.29, 0.717) is 0 Å². The van der Waals surface area contributed by atoms with Crippen LogP contribution in [0.15, 0.2) is 47.3 Å². The number of pyridine rings is 1. The Labute approximate surface area is 113 Å². The van der Waals surface area contributed by atoms with Crippen molar-refractivity contribution in [2.24, 2.45) is 0 Å². The van der Waals surface area contributed by atoms with Gasteiger partial charge in [-0.05, 0) is 30.6 Å². The molecule has 17 heavy (non-hydrogen) atoms. The van der Waals surface area contributed by atoms with E-state index >= 15 is 0 Å². The SMILES string of the molecule is [2H]c1c([2H])c(-n2cc(C([2H])([2H])OC([2H])([2H])[2H])ccc2=O)c([2H])c([2H])c1C. The Hall–Kier alpha value is -1.87. The van der Waals surface area contributed by atoms with Gasteiger partial charge in [0, 0.05) is 25.0 Å². The molecule has 0 fully saturated rings. The van der Waals surface area contributed by atoms with E-state index in [-0.39, 0.29) is 28.9 Å². The molecular formula is C14H15NO2. The number of benzene rings is 1. The number of hydrogen-bond acceptors (Lipinski definition) is 2. The molecule has 1 aromatic carbocycles. The van der Waals surface area contributed by atoms with Crippen LogP contribution in [0, 0.1) is 6.92 Å². The third-order valence-electron chi connectivity index (χ3n) is 2.06. The number of methoxy groups -OCH3 is 1. The number of aromatic nitrogens is 1. The second-order valence-electron chi connectivity index (χ2n) is 3.30. The first-order valence-electron chi connectivity index (χ1n) is 9.27. The summed E-state index contributed by atoms with van der Waals surface area (Å²) < 4.78 is 73.6. The second-order valence-corrected chi connectivity index (χ2v) is 3.30. The van der Waals surface area contributed by atoms with Crippen molar-refractivity contribution in [2.75, 3.05) is 7.04 Å². The van der Waals surface area contributed by atoms with Gasteiger partial charge in [0.25, 0.3) is 5.56 Å². The summed E-state index contributed by atoms with van der Waals surface area (Å²) in [5.74, 6) is 0. The van der Waals surface area contributed by atoms with Gasteiger partial charge in [-0.2, -0.15) is 0 Å². The van der Waals surface area contributed by atoms with Crippen LogP contribution in [0.4, 0.5) is 0 Å². The lowest BCUT2D eigenvalue weighted by molar-refractivity contribution is 0.184. The van der Waals surface area contributed by atoms with Crippen LogP contribution in [0.25, 0.3) is 5.69 Å². The monoisotopic (exact) mass is 238 g/mol. The van der Waals surface area contributed by atoms with E-state index in [9.17, 15) is 4.79 Å². The van der Waals surface area contributed by atoms with E-state index in [1.54, 1.807) is 0 Å². The van der Waals surface area contributed by atoms with Gasteiger partial charge in [0.15, 0.2) is 0 Å². The highest BCUT2D eigenvalue weighted by Gasteiger charge is 2.01. The zero-order chi connectivity index (χ0) is 20.0. The summed E-state index contributed by atoms with van der Waals surface area (Å²) in [5.41, 5.74) is -1.31. The van der Waals surface area contributed by atoms with Crippen molar-refractivity contribution in [1.29, 1.82) is 0 Å². The van der Waals surface area contributed by atoms with Gasteiger partial charge in [-0.3, -0.25) is 9.36 Å². The lowest BCUT2D eigenvalue weighted by Gasteiger charge is -2.08. The van der Waals surface area contributed by atoms with Crippen LogP contribution in [0.3, 0.4) is 0 Å². The third kappa shape index (κ3) is 2.63. The Morgan fingerprint density at radius 2 is 2.18 bits per heavy atom. The molecule has 1 aromatic heterocycles. The maximum absolute atomic E-state index is 12.2. The van der Waals surface area contributed by atoms with Gasteiger partial charge in [0.2, 0.25) is 0 Å². The molecule has 0 saturated heterocycles. The molecule has 0 radical (unpaired) electrons. The van der Waals surface area contributed by atoms with E-state index < -0.39 is 31.2 Å². The highest BCUT2D eigenvalue weighted by molar-refractivity contribution is 5.35. The summed E-state index contributed by atoms with van der Waals surface area (Å²) in [6.45, 7) is -1.37. The zero-order valence-electron chi connectivity index (χ0n) is 18.0. The predicted octanol–water partition coefficient (Wildman–Crippen LogP) is 2.29. The summed E-state index contributed by atoms with van der Waals surface area (Å²) in [7, 11) is -3.03. The Bertz CT molecular complexity index is 889. The smallest absolute Gasteiger partial charge is 0.255 e. The molecule has 0 aliphatic heterocycles. The minimum Gasteiger partial charge on any atom is -0.380 e. The minimum absolute atomic E-state index is 0.106. The zero-order valence-corrected chi connectivity index (χ0v) is 9.00. The number of ether oxygens (including phenoxy) is 1. The van der Waals surface area contributed by atoms with Crippen molar-refractivity contribution >= 4 is 0 Å². The van der Waals surface area contributed by atoms with Crippen molar-refractivity contribution in [2.45, 2.75) is 13.5 Å². The second kappa shape index (κ2) is 4.97. The highest BCUT2D eigenvalue weighted by Crippen LogP contribution is 2.08. The molecule has 0 aliphatic rings. The average molecular weight is 238 g/mol. The lowest BCUT2D eigenvalue weighted by atomic mass is 10.2. The summed E-state index contributed by atoms with van der Waals surface area (Å²) in [4.78, 5) is 12.2. The fraction of sp³-hybridized carbons (Fsp3) is 0.214. The Morgan fingerprint density at radius 1 is 1.41 bits per heavy atom. The maximum atomic E-state index is 12.2. The Balaban J connectivity index is 2.73. The van der Waals surface area contributed by atoms with Gasteiger partial charge >= 0.3 is 0 Å². The molecule has 0 aliphatic carbocycles. The van der Waals surface area contributed by atoms with Crippen LogP contribution >= 0.6 is 0 Å². The van der Waals surface area contributed by atoms with Gasteiger partial charge in [-0.1, -0.05) is 17.6 Å². The van der Waals surface area contributed by atoms with Gasteiger partial charge in [0.05, 0.1) is 18.9 Å². The summed E-state index contributed by atoms with van der Waals surface area (Å²) in [5, 5.41) is 0. The number of nitrogens with zero attached hydrogens (tertiary/aromatic N) is 1. The summed E-state index contributed by atoms with van der Waals surface area (Å²) in [6, 6.07) is 0.359. The van der Waals surface area contributed by atoms with Crippen LogP contribution < -0.4 is 5.56 Å². The van der Waals surface area contributed by atoms with Crippen molar-refractivity contribution in [3.63, 3.8) is 0 Å². The summed E-state index contributed by atoms with van der Waals surface area (Å²) in [6.07, 6.45) is 0.910. The molecule has 0 N–H and O–H groups in total. The molecule has 0 saturated carbocycles. The van der Waals surface area contributed by atoms with Gasteiger partial charge in [-0.25, -0.2) is 0 Å². The molecule has 1 heterocycles. The van der Waals surface area contributed by atoms with Crippen LogP contribution in [-0.4, -0.2) is 11.6 Å². The molecule has 0 atom stereocenters. The van der Waals surface area contributed by atoms with Gasteiger partial charge < -0.3 is 4.74 Å². The predicted molar refractivity (Wildman–Crippen MR) is 67.5 cm³/mol. The van der Waals surface area contributed by atoms with E-state index in [1.165, 1.54) is 6.92 Å². The first kappa shape index (κ1) is 4.78. The van der Waals surface area contributed by atoms with E-state index in [0.717, 1.165) is 22.9 Å².